The second-order valence-electron chi connectivity index (χ2n) is 3.42. The first-order valence-electron chi connectivity index (χ1n) is 4.69. The maximum Gasteiger partial charge on any atom is 0.0915 e. The summed E-state index contributed by atoms with van der Waals surface area (Å²) in [6.07, 6.45) is 4.95. The van der Waals surface area contributed by atoms with Crippen LogP contribution in [0.5, 0.6) is 0 Å². The number of rotatable bonds is 0. The van der Waals surface area contributed by atoms with Gasteiger partial charge in [-0.3, -0.25) is 0 Å². The Morgan fingerprint density at radius 1 is 1.36 bits per heavy atom. The number of nitrogens with zero attached hydrogens (tertiary/aromatic N) is 1. The van der Waals surface area contributed by atoms with Gasteiger partial charge in [0.05, 0.1) is 6.07 Å². The van der Waals surface area contributed by atoms with Gasteiger partial charge in [-0.15, -0.1) is 0 Å². The minimum atomic E-state index is 1.02. The van der Waals surface area contributed by atoms with Gasteiger partial charge in [0.2, 0.25) is 0 Å². The van der Waals surface area contributed by atoms with Gasteiger partial charge in [-0.1, -0.05) is 28.1 Å². The number of fused-ring (bicyclic) bond motifs is 1. The zero-order valence-corrected chi connectivity index (χ0v) is 9.34. The number of hydrogen-bond donors (Lipinski definition) is 0. The third kappa shape index (κ3) is 1.60. The van der Waals surface area contributed by atoms with Crippen molar-refractivity contribution in [2.24, 2.45) is 0 Å². The highest BCUT2D eigenvalue weighted by molar-refractivity contribution is 9.10. The molecule has 1 aromatic carbocycles. The molecule has 70 valence electrons. The molecule has 0 fully saturated rings. The van der Waals surface area contributed by atoms with Gasteiger partial charge in [-0.2, -0.15) is 5.26 Å². The molecule has 2 heteroatoms. The summed E-state index contributed by atoms with van der Waals surface area (Å²) in [5, 5.41) is 8.68. The molecule has 1 aromatic rings. The van der Waals surface area contributed by atoms with Crippen molar-refractivity contribution in [1.29, 1.82) is 5.26 Å². The molecular formula is C12H10BrN. The number of allylic oxidation sites excluding steroid dienone is 2. The summed E-state index contributed by atoms with van der Waals surface area (Å²) in [7, 11) is 0. The molecule has 0 saturated carbocycles. The fourth-order valence-corrected chi connectivity index (χ4v) is 2.50. The van der Waals surface area contributed by atoms with Crippen molar-refractivity contribution in [1.82, 2.24) is 0 Å². The van der Waals surface area contributed by atoms with Gasteiger partial charge < -0.3 is 0 Å². The van der Waals surface area contributed by atoms with E-state index in [1.165, 1.54) is 21.2 Å². The third-order valence-corrected chi connectivity index (χ3v) is 3.32. The van der Waals surface area contributed by atoms with Crippen LogP contribution in [0.1, 0.15) is 24.0 Å². The minimum Gasteiger partial charge on any atom is -0.193 e. The van der Waals surface area contributed by atoms with Gasteiger partial charge in [0.1, 0.15) is 0 Å². The van der Waals surface area contributed by atoms with Gasteiger partial charge in [-0.25, -0.2) is 0 Å². The highest BCUT2D eigenvalue weighted by Gasteiger charge is 2.15. The fourth-order valence-electron chi connectivity index (χ4n) is 1.93. The predicted molar refractivity (Wildman–Crippen MR) is 60.7 cm³/mol. The van der Waals surface area contributed by atoms with Crippen molar-refractivity contribution in [3.05, 3.63) is 39.9 Å². The molecule has 0 N–H and O–H groups in total. The standard InChI is InChI=1S/C12H10BrN/c13-12-6-2-4-10-9(7-8-14)3-1-5-11(10)12/h2,4,6-7H,1,3,5H2. The highest BCUT2D eigenvalue weighted by Crippen LogP contribution is 2.34. The van der Waals surface area contributed by atoms with Gasteiger partial charge in [0, 0.05) is 10.5 Å². The average Bonchev–Trinajstić information content (AvgIpc) is 2.20. The van der Waals surface area contributed by atoms with E-state index < -0.39 is 0 Å². The second-order valence-corrected chi connectivity index (χ2v) is 4.27. The van der Waals surface area contributed by atoms with Crippen LogP contribution in [0.2, 0.25) is 0 Å². The third-order valence-electron chi connectivity index (χ3n) is 2.58. The van der Waals surface area contributed by atoms with E-state index >= 15 is 0 Å². The molecule has 0 heterocycles. The summed E-state index contributed by atoms with van der Waals surface area (Å²) < 4.78 is 1.17. The monoisotopic (exact) mass is 247 g/mol. The van der Waals surface area contributed by atoms with E-state index in [-0.39, 0.29) is 0 Å². The summed E-state index contributed by atoms with van der Waals surface area (Å²) in [5.74, 6) is 0. The molecule has 0 spiro atoms. The van der Waals surface area contributed by atoms with Crippen LogP contribution < -0.4 is 0 Å². The number of halogens is 1. The number of nitriles is 1. The van der Waals surface area contributed by atoms with Crippen molar-refractivity contribution < 1.29 is 0 Å². The van der Waals surface area contributed by atoms with Crippen LogP contribution in [0.4, 0.5) is 0 Å². The first kappa shape index (κ1) is 9.48. The van der Waals surface area contributed by atoms with Gasteiger partial charge >= 0.3 is 0 Å². The van der Waals surface area contributed by atoms with E-state index in [1.54, 1.807) is 6.08 Å². The Hall–Kier alpha value is -1.07. The summed E-state index contributed by atoms with van der Waals surface area (Å²) >= 11 is 3.55. The summed E-state index contributed by atoms with van der Waals surface area (Å²) in [6, 6.07) is 8.31. The Kier molecular flexibility index (Phi) is 2.69. The summed E-state index contributed by atoms with van der Waals surface area (Å²) in [5.41, 5.74) is 3.77. The predicted octanol–water partition coefficient (Wildman–Crippen LogP) is 3.69. The van der Waals surface area contributed by atoms with Crippen LogP contribution in [-0.2, 0) is 6.42 Å². The minimum absolute atomic E-state index is 1.02. The van der Waals surface area contributed by atoms with Crippen LogP contribution in [0.25, 0.3) is 5.57 Å². The Balaban J connectivity index is 2.57. The smallest absolute Gasteiger partial charge is 0.0915 e. The molecular weight excluding hydrogens is 238 g/mol. The van der Waals surface area contributed by atoms with E-state index in [9.17, 15) is 0 Å². The fraction of sp³-hybridized carbons (Fsp3) is 0.250. The van der Waals surface area contributed by atoms with E-state index in [4.69, 9.17) is 5.26 Å². The normalized spacial score (nSPS) is 17.6. The largest absolute Gasteiger partial charge is 0.193 e. The quantitative estimate of drug-likeness (QED) is 0.642. The van der Waals surface area contributed by atoms with Crippen molar-refractivity contribution in [3.8, 4) is 6.07 Å². The maximum atomic E-state index is 8.68. The topological polar surface area (TPSA) is 23.8 Å². The Morgan fingerprint density at radius 2 is 2.21 bits per heavy atom. The van der Waals surface area contributed by atoms with Crippen LogP contribution in [0.15, 0.2) is 28.7 Å². The average molecular weight is 248 g/mol. The zero-order valence-electron chi connectivity index (χ0n) is 7.76. The van der Waals surface area contributed by atoms with Gasteiger partial charge in [0.15, 0.2) is 0 Å². The lowest BCUT2D eigenvalue weighted by atomic mass is 9.87. The van der Waals surface area contributed by atoms with Crippen molar-refractivity contribution in [2.75, 3.05) is 0 Å². The SMILES string of the molecule is N#CC=C1CCCc2c(Br)cccc21. The van der Waals surface area contributed by atoms with Crippen molar-refractivity contribution >= 4 is 21.5 Å². The van der Waals surface area contributed by atoms with Crippen LogP contribution in [0, 0.1) is 11.3 Å². The van der Waals surface area contributed by atoms with Crippen molar-refractivity contribution in [3.63, 3.8) is 0 Å². The molecule has 0 atom stereocenters. The number of hydrogen-bond acceptors (Lipinski definition) is 1. The van der Waals surface area contributed by atoms with Gasteiger partial charge in [-0.05, 0) is 42.0 Å². The number of benzene rings is 1. The lowest BCUT2D eigenvalue weighted by Crippen LogP contribution is -2.02. The first-order valence-corrected chi connectivity index (χ1v) is 5.48. The first-order chi connectivity index (χ1) is 6.83. The molecule has 0 unspecified atom stereocenters. The summed E-state index contributed by atoms with van der Waals surface area (Å²) in [6.45, 7) is 0. The Labute approximate surface area is 92.2 Å². The highest BCUT2D eigenvalue weighted by atomic mass is 79.9. The molecule has 0 saturated heterocycles. The molecule has 1 aliphatic carbocycles. The second kappa shape index (κ2) is 3.98. The van der Waals surface area contributed by atoms with E-state index in [0.717, 1.165) is 19.3 Å². The molecule has 14 heavy (non-hydrogen) atoms. The Morgan fingerprint density at radius 3 is 3.00 bits per heavy atom. The van der Waals surface area contributed by atoms with Crippen LogP contribution in [0.3, 0.4) is 0 Å². The molecule has 0 aliphatic heterocycles. The van der Waals surface area contributed by atoms with Crippen LogP contribution >= 0.6 is 15.9 Å². The van der Waals surface area contributed by atoms with Crippen LogP contribution in [-0.4, -0.2) is 0 Å². The lowest BCUT2D eigenvalue weighted by molar-refractivity contribution is 0.818. The van der Waals surface area contributed by atoms with Gasteiger partial charge in [0.25, 0.3) is 0 Å². The molecule has 1 nitrogen and oxygen atoms in total. The lowest BCUT2D eigenvalue weighted by Gasteiger charge is -2.19. The molecule has 2 rings (SSSR count). The molecule has 0 amide bonds. The summed E-state index contributed by atoms with van der Waals surface area (Å²) in [4.78, 5) is 0. The molecule has 0 bridgehead atoms. The van der Waals surface area contributed by atoms with E-state index in [0.29, 0.717) is 0 Å². The molecule has 0 aromatic heterocycles. The molecule has 0 radical (unpaired) electrons. The van der Waals surface area contributed by atoms with E-state index in [2.05, 4.69) is 34.1 Å². The Bertz CT molecular complexity index is 426. The van der Waals surface area contributed by atoms with E-state index in [1.807, 2.05) is 6.07 Å². The molecule has 1 aliphatic rings. The zero-order chi connectivity index (χ0) is 9.97. The van der Waals surface area contributed by atoms with Crippen molar-refractivity contribution in [2.45, 2.75) is 19.3 Å². The maximum absolute atomic E-state index is 8.68.